The molecule has 0 radical (unpaired) electrons. The highest BCUT2D eigenvalue weighted by atomic mass is 32.2. The van der Waals surface area contributed by atoms with Crippen molar-refractivity contribution < 1.29 is 22.7 Å². The number of rotatable bonds is 12. The lowest BCUT2D eigenvalue weighted by molar-refractivity contribution is -0.121. The zero-order valence-corrected chi connectivity index (χ0v) is 19.8. The number of hydrogen-bond acceptors (Lipinski definition) is 6. The smallest absolute Gasteiger partial charge is 0.240 e. The van der Waals surface area contributed by atoms with Gasteiger partial charge in [0.25, 0.3) is 0 Å². The van der Waals surface area contributed by atoms with E-state index in [1.807, 2.05) is 0 Å². The molecule has 0 aromatic heterocycles. The maximum Gasteiger partial charge on any atom is 0.240 e. The van der Waals surface area contributed by atoms with Crippen LogP contribution in [0.25, 0.3) is 0 Å². The van der Waals surface area contributed by atoms with Crippen LogP contribution in [0.4, 0.5) is 0 Å². The van der Waals surface area contributed by atoms with Crippen LogP contribution in [0, 0.1) is 0 Å². The number of benzene rings is 1. The molecule has 2 N–H and O–H groups in total. The third-order valence-electron chi connectivity index (χ3n) is 5.87. The molecule has 2 heterocycles. The summed E-state index contributed by atoms with van der Waals surface area (Å²) in [4.78, 5) is 14.7. The highest BCUT2D eigenvalue weighted by Crippen LogP contribution is 2.32. The summed E-state index contributed by atoms with van der Waals surface area (Å²) in [5, 5.41) is 3.00. The van der Waals surface area contributed by atoms with Crippen LogP contribution in [-0.2, 0) is 14.8 Å². The van der Waals surface area contributed by atoms with Gasteiger partial charge in [-0.3, -0.25) is 4.79 Å². The number of carbonyl (C=O) groups is 1. The fourth-order valence-corrected chi connectivity index (χ4v) is 5.14. The Balaban J connectivity index is 1.23. The third kappa shape index (κ3) is 8.26. The van der Waals surface area contributed by atoms with E-state index in [9.17, 15) is 13.2 Å². The maximum atomic E-state index is 12.5. The van der Waals surface area contributed by atoms with Gasteiger partial charge in [0.1, 0.15) is 13.2 Å². The number of carbonyl (C=O) groups excluding carboxylic acids is 1. The Hall–Kier alpha value is -1.84. The number of sulfonamides is 1. The zero-order valence-electron chi connectivity index (χ0n) is 18.9. The van der Waals surface area contributed by atoms with Gasteiger partial charge in [-0.2, -0.15) is 0 Å². The van der Waals surface area contributed by atoms with E-state index in [0.29, 0.717) is 44.1 Å². The van der Waals surface area contributed by atoms with E-state index in [4.69, 9.17) is 9.47 Å². The van der Waals surface area contributed by atoms with Gasteiger partial charge in [0.15, 0.2) is 11.5 Å². The van der Waals surface area contributed by atoms with Gasteiger partial charge in [-0.1, -0.05) is 19.3 Å². The second-order valence-corrected chi connectivity index (χ2v) is 10.2. The third-order valence-corrected chi connectivity index (χ3v) is 7.33. The minimum atomic E-state index is -3.59. The monoisotopic (exact) mass is 467 g/mol. The summed E-state index contributed by atoms with van der Waals surface area (Å²) in [7, 11) is -3.59. The molecule has 0 spiro atoms. The normalized spacial score (nSPS) is 17.0. The van der Waals surface area contributed by atoms with Gasteiger partial charge >= 0.3 is 0 Å². The number of unbranched alkanes of at least 4 members (excludes halogenated alkanes) is 2. The lowest BCUT2D eigenvalue weighted by Gasteiger charge is -2.19. The first-order valence-electron chi connectivity index (χ1n) is 11.9. The van der Waals surface area contributed by atoms with Crippen LogP contribution in [0.15, 0.2) is 23.1 Å². The number of amides is 1. The molecular weight excluding hydrogens is 430 g/mol. The lowest BCUT2D eigenvalue weighted by Crippen LogP contribution is -2.30. The first kappa shape index (κ1) is 24.8. The predicted octanol–water partition coefficient (Wildman–Crippen LogP) is 2.68. The number of fused-ring (bicyclic) bond motifs is 1. The summed E-state index contributed by atoms with van der Waals surface area (Å²) in [5.41, 5.74) is 0. The average molecular weight is 468 g/mol. The predicted molar refractivity (Wildman–Crippen MR) is 124 cm³/mol. The van der Waals surface area contributed by atoms with E-state index < -0.39 is 10.0 Å². The molecule has 1 fully saturated rings. The highest BCUT2D eigenvalue weighted by molar-refractivity contribution is 7.89. The highest BCUT2D eigenvalue weighted by Gasteiger charge is 2.19. The SMILES string of the molecule is O=C(CCCCCNS(=O)(=O)c1ccc2c(c1)OCCO2)NCCCN1CCCCCC1. The van der Waals surface area contributed by atoms with Crippen molar-refractivity contribution in [3.63, 3.8) is 0 Å². The van der Waals surface area contributed by atoms with Crippen molar-refractivity contribution in [2.75, 3.05) is 45.9 Å². The molecule has 0 saturated carbocycles. The summed E-state index contributed by atoms with van der Waals surface area (Å²) >= 11 is 0. The summed E-state index contributed by atoms with van der Waals surface area (Å²) < 4.78 is 38.4. The number of ether oxygens (including phenoxy) is 2. The number of nitrogens with one attached hydrogen (secondary N) is 2. The van der Waals surface area contributed by atoms with Gasteiger partial charge in [0.2, 0.25) is 15.9 Å². The molecule has 0 unspecified atom stereocenters. The molecule has 9 heteroatoms. The molecule has 1 aromatic carbocycles. The summed E-state index contributed by atoms with van der Waals surface area (Å²) in [6.07, 6.45) is 8.98. The van der Waals surface area contributed by atoms with Crippen LogP contribution < -0.4 is 19.5 Å². The van der Waals surface area contributed by atoms with Crippen LogP contribution in [-0.4, -0.2) is 65.2 Å². The van der Waals surface area contributed by atoms with Crippen molar-refractivity contribution in [2.45, 2.75) is 62.7 Å². The van der Waals surface area contributed by atoms with Gasteiger partial charge in [-0.05, 0) is 63.9 Å². The number of nitrogens with zero attached hydrogens (tertiary/aromatic N) is 1. The summed E-state index contributed by atoms with van der Waals surface area (Å²) in [6.45, 7) is 5.38. The molecule has 1 saturated heterocycles. The molecule has 3 rings (SSSR count). The van der Waals surface area contributed by atoms with E-state index in [0.717, 1.165) is 32.4 Å². The standard InChI is InChI=1S/C23H37N3O5S/c27-23(24-12-8-16-26-14-6-1-2-7-15-26)9-4-3-5-13-25-32(28,29)20-10-11-21-22(19-20)31-18-17-30-21/h10-11,19,25H,1-9,12-18H2,(H,24,27). The minimum Gasteiger partial charge on any atom is -0.486 e. The molecule has 0 aliphatic carbocycles. The van der Waals surface area contributed by atoms with E-state index in [1.54, 1.807) is 6.07 Å². The van der Waals surface area contributed by atoms with Crippen molar-refractivity contribution in [3.8, 4) is 11.5 Å². The average Bonchev–Trinajstić information content (AvgIpc) is 3.07. The van der Waals surface area contributed by atoms with Crippen molar-refractivity contribution in [3.05, 3.63) is 18.2 Å². The van der Waals surface area contributed by atoms with Gasteiger partial charge in [0.05, 0.1) is 4.90 Å². The minimum absolute atomic E-state index is 0.0812. The van der Waals surface area contributed by atoms with Crippen LogP contribution in [0.3, 0.4) is 0 Å². The van der Waals surface area contributed by atoms with Crippen molar-refractivity contribution >= 4 is 15.9 Å². The lowest BCUT2D eigenvalue weighted by atomic mass is 10.2. The van der Waals surface area contributed by atoms with Gasteiger partial charge < -0.3 is 19.7 Å². The number of likely N-dealkylation sites (tertiary alicyclic amines) is 1. The zero-order chi connectivity index (χ0) is 22.7. The molecule has 0 bridgehead atoms. The molecule has 2 aliphatic heterocycles. The van der Waals surface area contributed by atoms with E-state index in [-0.39, 0.29) is 10.8 Å². The maximum absolute atomic E-state index is 12.5. The Kier molecular flexibility index (Phi) is 10.1. The summed E-state index contributed by atoms with van der Waals surface area (Å²) in [6, 6.07) is 4.64. The van der Waals surface area contributed by atoms with Crippen molar-refractivity contribution in [2.24, 2.45) is 0 Å². The fourth-order valence-electron chi connectivity index (χ4n) is 4.05. The molecule has 2 aliphatic rings. The van der Waals surface area contributed by atoms with Gasteiger partial charge in [-0.15, -0.1) is 0 Å². The second-order valence-electron chi connectivity index (χ2n) is 8.47. The van der Waals surface area contributed by atoms with Crippen LogP contribution in [0.1, 0.15) is 57.8 Å². The van der Waals surface area contributed by atoms with E-state index in [2.05, 4.69) is 14.9 Å². The summed E-state index contributed by atoms with van der Waals surface area (Å²) in [5.74, 6) is 1.10. The van der Waals surface area contributed by atoms with E-state index in [1.165, 1.54) is 50.9 Å². The quantitative estimate of drug-likeness (QED) is 0.459. The largest absolute Gasteiger partial charge is 0.486 e. The fraction of sp³-hybridized carbons (Fsp3) is 0.696. The number of hydrogen-bond donors (Lipinski definition) is 2. The van der Waals surface area contributed by atoms with Gasteiger partial charge in [-0.25, -0.2) is 13.1 Å². The molecule has 0 atom stereocenters. The molecule has 1 amide bonds. The van der Waals surface area contributed by atoms with Crippen LogP contribution in [0.2, 0.25) is 0 Å². The van der Waals surface area contributed by atoms with Gasteiger partial charge in [0, 0.05) is 25.6 Å². The Morgan fingerprint density at radius 2 is 1.66 bits per heavy atom. The van der Waals surface area contributed by atoms with E-state index >= 15 is 0 Å². The molecule has 8 nitrogen and oxygen atoms in total. The Morgan fingerprint density at radius 1 is 0.906 bits per heavy atom. The van der Waals surface area contributed by atoms with Crippen molar-refractivity contribution in [1.29, 1.82) is 0 Å². The first-order chi connectivity index (χ1) is 15.5. The molecule has 32 heavy (non-hydrogen) atoms. The Bertz CT molecular complexity index is 823. The first-order valence-corrected chi connectivity index (χ1v) is 13.4. The van der Waals surface area contributed by atoms with Crippen molar-refractivity contribution in [1.82, 2.24) is 14.9 Å². The Morgan fingerprint density at radius 3 is 2.44 bits per heavy atom. The second kappa shape index (κ2) is 13.0. The van der Waals surface area contributed by atoms with Crippen LogP contribution in [0.5, 0.6) is 11.5 Å². The Labute approximate surface area is 192 Å². The molecule has 1 aromatic rings. The van der Waals surface area contributed by atoms with Crippen LogP contribution >= 0.6 is 0 Å². The topological polar surface area (TPSA) is 97.0 Å². The molecular formula is C23H37N3O5S. The molecule has 180 valence electrons.